The van der Waals surface area contributed by atoms with E-state index in [4.69, 9.17) is 9.47 Å². The number of sulfonamides is 1. The summed E-state index contributed by atoms with van der Waals surface area (Å²) >= 11 is 0. The van der Waals surface area contributed by atoms with Crippen LogP contribution in [0.2, 0.25) is 0 Å². The summed E-state index contributed by atoms with van der Waals surface area (Å²) in [6, 6.07) is 5.80. The van der Waals surface area contributed by atoms with Crippen molar-refractivity contribution in [2.24, 2.45) is 4.99 Å². The highest BCUT2D eigenvalue weighted by Crippen LogP contribution is 2.32. The van der Waals surface area contributed by atoms with E-state index in [1.165, 1.54) is 4.31 Å². The summed E-state index contributed by atoms with van der Waals surface area (Å²) in [7, 11) is 0.182. The van der Waals surface area contributed by atoms with Gasteiger partial charge in [-0.1, -0.05) is 6.07 Å². The lowest BCUT2D eigenvalue weighted by Gasteiger charge is -2.17. The van der Waals surface area contributed by atoms with Crippen molar-refractivity contribution in [2.75, 3.05) is 39.7 Å². The number of halogens is 1. The van der Waals surface area contributed by atoms with Crippen molar-refractivity contribution < 1.29 is 17.9 Å². The molecule has 0 aliphatic carbocycles. The largest absolute Gasteiger partial charge is 0.454 e. The summed E-state index contributed by atoms with van der Waals surface area (Å²) in [5.41, 5.74) is 1.06. The second-order valence-electron chi connectivity index (χ2n) is 5.62. The standard InChI is InChI=1S/C16H26N4O4S.HI/c1-4-25(21,22)20(3)9-5-8-18-16(17-2)19-11-13-6-7-14-15(10-13)24-12-23-14;/h6-7,10H,4-5,8-9,11-12H2,1-3H3,(H2,17,18,19);1H. The number of rotatable bonds is 8. The van der Waals surface area contributed by atoms with E-state index < -0.39 is 10.0 Å². The first-order chi connectivity index (χ1) is 12.0. The van der Waals surface area contributed by atoms with Crippen LogP contribution in [-0.2, 0) is 16.6 Å². The fourth-order valence-electron chi connectivity index (χ4n) is 2.33. The highest BCUT2D eigenvalue weighted by atomic mass is 127. The first-order valence-electron chi connectivity index (χ1n) is 8.23. The van der Waals surface area contributed by atoms with Crippen molar-refractivity contribution in [2.45, 2.75) is 19.9 Å². The highest BCUT2D eigenvalue weighted by Gasteiger charge is 2.14. The number of benzene rings is 1. The SMILES string of the molecule is CCS(=O)(=O)N(C)CCCNC(=NC)NCc1ccc2c(c1)OCO2.I. The maximum Gasteiger partial charge on any atom is 0.231 e. The Morgan fingerprint density at radius 1 is 1.27 bits per heavy atom. The van der Waals surface area contributed by atoms with Crippen LogP contribution in [0.25, 0.3) is 0 Å². The Morgan fingerprint density at radius 2 is 2.00 bits per heavy atom. The molecule has 26 heavy (non-hydrogen) atoms. The number of ether oxygens (including phenoxy) is 2. The van der Waals surface area contributed by atoms with Gasteiger partial charge in [0.05, 0.1) is 5.75 Å². The minimum Gasteiger partial charge on any atom is -0.454 e. The van der Waals surface area contributed by atoms with Crippen LogP contribution >= 0.6 is 24.0 Å². The zero-order chi connectivity index (χ0) is 18.3. The van der Waals surface area contributed by atoms with Crippen LogP contribution in [0, 0.1) is 0 Å². The normalized spacial score (nSPS) is 13.5. The number of fused-ring (bicyclic) bond motifs is 1. The highest BCUT2D eigenvalue weighted by molar-refractivity contribution is 14.0. The molecule has 1 aliphatic rings. The Balaban J connectivity index is 0.00000338. The molecule has 1 aromatic carbocycles. The molecule has 0 saturated heterocycles. The summed E-state index contributed by atoms with van der Waals surface area (Å²) in [5, 5.41) is 6.40. The molecule has 0 atom stereocenters. The molecular weight excluding hydrogens is 471 g/mol. The van der Waals surface area contributed by atoms with Crippen molar-refractivity contribution in [1.29, 1.82) is 0 Å². The molecule has 2 rings (SSSR count). The molecule has 1 heterocycles. The Kier molecular flexibility index (Phi) is 9.44. The van der Waals surface area contributed by atoms with Crippen LogP contribution in [0.5, 0.6) is 11.5 Å². The van der Waals surface area contributed by atoms with E-state index in [1.807, 2.05) is 18.2 Å². The molecule has 0 amide bonds. The predicted octanol–water partition coefficient (Wildman–Crippen LogP) is 1.37. The molecule has 1 aromatic rings. The van der Waals surface area contributed by atoms with Gasteiger partial charge < -0.3 is 20.1 Å². The van der Waals surface area contributed by atoms with E-state index in [1.54, 1.807) is 21.0 Å². The van der Waals surface area contributed by atoms with E-state index >= 15 is 0 Å². The molecule has 2 N–H and O–H groups in total. The molecule has 0 fully saturated rings. The summed E-state index contributed by atoms with van der Waals surface area (Å²) in [6.07, 6.45) is 0.695. The van der Waals surface area contributed by atoms with E-state index in [2.05, 4.69) is 15.6 Å². The number of guanidine groups is 1. The molecule has 8 nitrogen and oxygen atoms in total. The van der Waals surface area contributed by atoms with Crippen LogP contribution in [0.3, 0.4) is 0 Å². The van der Waals surface area contributed by atoms with Crippen LogP contribution < -0.4 is 20.1 Å². The summed E-state index contributed by atoms with van der Waals surface area (Å²) in [6.45, 7) is 3.61. The van der Waals surface area contributed by atoms with Crippen molar-refractivity contribution in [3.63, 3.8) is 0 Å². The van der Waals surface area contributed by atoms with E-state index in [-0.39, 0.29) is 36.5 Å². The lowest BCUT2D eigenvalue weighted by molar-refractivity contribution is 0.174. The molecular formula is C16H27IN4O4S. The Labute approximate surface area is 172 Å². The number of aliphatic imine (C=N–C) groups is 1. The zero-order valence-electron chi connectivity index (χ0n) is 15.3. The van der Waals surface area contributed by atoms with Crippen LogP contribution in [-0.4, -0.2) is 58.4 Å². The van der Waals surface area contributed by atoms with Gasteiger partial charge in [0.1, 0.15) is 0 Å². The van der Waals surface area contributed by atoms with Gasteiger partial charge in [0.25, 0.3) is 0 Å². The Hall–Kier alpha value is -1.27. The minimum atomic E-state index is -3.12. The molecule has 0 aromatic heterocycles. The fraction of sp³-hybridized carbons (Fsp3) is 0.562. The van der Waals surface area contributed by atoms with Crippen molar-refractivity contribution in [3.8, 4) is 11.5 Å². The molecule has 148 valence electrons. The van der Waals surface area contributed by atoms with Gasteiger partial charge >= 0.3 is 0 Å². The summed E-state index contributed by atoms with van der Waals surface area (Å²) in [5.74, 6) is 2.30. The molecule has 0 bridgehead atoms. The topological polar surface area (TPSA) is 92.3 Å². The summed E-state index contributed by atoms with van der Waals surface area (Å²) in [4.78, 5) is 4.16. The maximum absolute atomic E-state index is 11.7. The van der Waals surface area contributed by atoms with Gasteiger partial charge in [-0.3, -0.25) is 4.99 Å². The number of hydrogen-bond acceptors (Lipinski definition) is 5. The van der Waals surface area contributed by atoms with Crippen molar-refractivity contribution >= 4 is 40.0 Å². The van der Waals surface area contributed by atoms with Gasteiger partial charge in [0.2, 0.25) is 16.8 Å². The molecule has 0 spiro atoms. The third kappa shape index (κ3) is 6.47. The maximum atomic E-state index is 11.7. The predicted molar refractivity (Wildman–Crippen MR) is 113 cm³/mol. The second kappa shape index (κ2) is 10.8. The van der Waals surface area contributed by atoms with Gasteiger partial charge in [-0.25, -0.2) is 12.7 Å². The average molecular weight is 498 g/mol. The van der Waals surface area contributed by atoms with Gasteiger partial charge in [0, 0.05) is 33.7 Å². The van der Waals surface area contributed by atoms with Gasteiger partial charge in [-0.2, -0.15) is 0 Å². The molecule has 1 aliphatic heterocycles. The lowest BCUT2D eigenvalue weighted by Crippen LogP contribution is -2.38. The van der Waals surface area contributed by atoms with Crippen molar-refractivity contribution in [3.05, 3.63) is 23.8 Å². The molecule has 0 saturated carbocycles. The fourth-order valence-corrected chi connectivity index (χ4v) is 3.17. The monoisotopic (exact) mass is 498 g/mol. The van der Waals surface area contributed by atoms with Gasteiger partial charge in [0.15, 0.2) is 17.5 Å². The average Bonchev–Trinajstić information content (AvgIpc) is 3.08. The second-order valence-corrected chi connectivity index (χ2v) is 7.98. The van der Waals surface area contributed by atoms with Crippen molar-refractivity contribution in [1.82, 2.24) is 14.9 Å². The first kappa shape index (κ1) is 22.8. The smallest absolute Gasteiger partial charge is 0.231 e. The molecule has 0 radical (unpaired) electrons. The summed E-state index contributed by atoms with van der Waals surface area (Å²) < 4.78 is 35.4. The number of nitrogens with zero attached hydrogens (tertiary/aromatic N) is 2. The van der Waals surface area contributed by atoms with Crippen LogP contribution in [0.15, 0.2) is 23.2 Å². The third-order valence-corrected chi connectivity index (χ3v) is 5.76. The minimum absolute atomic E-state index is 0. The van der Waals surface area contributed by atoms with Gasteiger partial charge in [-0.15, -0.1) is 24.0 Å². The zero-order valence-corrected chi connectivity index (χ0v) is 18.5. The Morgan fingerprint density at radius 3 is 2.69 bits per heavy atom. The molecule has 10 heteroatoms. The van der Waals surface area contributed by atoms with Crippen LogP contribution in [0.1, 0.15) is 18.9 Å². The quantitative estimate of drug-likeness (QED) is 0.244. The lowest BCUT2D eigenvalue weighted by atomic mass is 10.2. The van der Waals surface area contributed by atoms with Gasteiger partial charge in [-0.05, 0) is 31.0 Å². The van der Waals surface area contributed by atoms with E-state index in [0.29, 0.717) is 32.0 Å². The van der Waals surface area contributed by atoms with Crippen LogP contribution in [0.4, 0.5) is 0 Å². The molecule has 0 unspecified atom stereocenters. The number of hydrogen-bond donors (Lipinski definition) is 2. The third-order valence-electron chi connectivity index (χ3n) is 3.90. The van der Waals surface area contributed by atoms with E-state index in [0.717, 1.165) is 17.1 Å². The number of nitrogens with one attached hydrogen (secondary N) is 2. The first-order valence-corrected chi connectivity index (χ1v) is 9.84. The Bertz CT molecular complexity index is 712. The van der Waals surface area contributed by atoms with E-state index in [9.17, 15) is 8.42 Å².